The summed E-state index contributed by atoms with van der Waals surface area (Å²) in [5, 5.41) is 26.3. The van der Waals surface area contributed by atoms with Crippen molar-refractivity contribution in [3.05, 3.63) is 77.7 Å². The van der Waals surface area contributed by atoms with Gasteiger partial charge < -0.3 is 48.9 Å². The van der Waals surface area contributed by atoms with Gasteiger partial charge in [0.05, 0.1) is 30.6 Å². The first kappa shape index (κ1) is 63.9. The lowest BCUT2D eigenvalue weighted by atomic mass is 9.78. The summed E-state index contributed by atoms with van der Waals surface area (Å²) in [6, 6.07) is 4.24. The highest BCUT2D eigenvalue weighted by molar-refractivity contribution is 6.39. The van der Waals surface area contributed by atoms with Crippen molar-refractivity contribution in [2.45, 2.75) is 187 Å². The Kier molecular flexibility index (Phi) is 25.7. The minimum atomic E-state index is -2.46. The number of aliphatic hydroxyl groups is 2. The summed E-state index contributed by atoms with van der Waals surface area (Å²) in [6.45, 7) is 12.9. The van der Waals surface area contributed by atoms with Gasteiger partial charge in [-0.25, -0.2) is 9.59 Å². The maximum atomic E-state index is 14.6. The van der Waals surface area contributed by atoms with Crippen LogP contribution in [-0.2, 0) is 58.9 Å². The van der Waals surface area contributed by atoms with E-state index in [1.807, 2.05) is 64.1 Å². The van der Waals surface area contributed by atoms with Crippen molar-refractivity contribution in [2.24, 2.45) is 35.5 Å². The van der Waals surface area contributed by atoms with Crippen LogP contribution in [0.5, 0.6) is 0 Å². The van der Waals surface area contributed by atoms with Gasteiger partial charge in [0.15, 0.2) is 5.78 Å². The number of piperidine rings is 1. The molecule has 424 valence electrons. The van der Waals surface area contributed by atoms with Crippen LogP contribution in [0, 0.1) is 35.5 Å². The lowest BCUT2D eigenvalue weighted by Gasteiger charge is -2.42. The zero-order valence-corrected chi connectivity index (χ0v) is 47.2. The number of aliphatic hydroxyl groups excluding tert-OH is 1. The molecule has 0 aromatic carbocycles. The normalized spacial score (nSPS) is 35.9. The number of halogens is 1. The Hall–Kier alpha value is -4.62. The predicted molar refractivity (Wildman–Crippen MR) is 288 cm³/mol. The Balaban J connectivity index is 0.0000125. The van der Waals surface area contributed by atoms with E-state index in [1.54, 1.807) is 59.4 Å². The topological polar surface area (TPSA) is 226 Å². The van der Waals surface area contributed by atoms with Crippen LogP contribution in [0.15, 0.2) is 72.0 Å². The number of rotatable bonds is 9. The molecule has 1 aromatic rings. The average molecular weight is 1080 g/mol. The molecule has 3 fully saturated rings. The molecule has 2 bridgehead atoms. The van der Waals surface area contributed by atoms with Gasteiger partial charge in [-0.05, 0) is 119 Å². The van der Waals surface area contributed by atoms with Gasteiger partial charge in [-0.1, -0.05) is 77.1 Å². The van der Waals surface area contributed by atoms with Crippen molar-refractivity contribution in [2.75, 3.05) is 27.9 Å². The molecule has 5 rings (SSSR count). The number of amides is 2. The van der Waals surface area contributed by atoms with Gasteiger partial charge in [-0.2, -0.15) is 0 Å². The van der Waals surface area contributed by atoms with Crippen molar-refractivity contribution in [1.82, 2.24) is 15.2 Å². The molecule has 3 N–H and O–H groups in total. The number of alkyl carbamates (subject to hydrolysis) is 1. The molecule has 0 radical (unpaired) electrons. The van der Waals surface area contributed by atoms with Crippen molar-refractivity contribution in [3.63, 3.8) is 0 Å². The van der Waals surface area contributed by atoms with E-state index < -0.39 is 102 Å². The number of nitrogens with one attached hydrogen (secondary N) is 1. The number of nitrogens with zero attached hydrogens (tertiary/aromatic N) is 2. The zero-order chi connectivity index (χ0) is 55.0. The van der Waals surface area contributed by atoms with E-state index in [0.717, 1.165) is 5.57 Å². The zero-order valence-electron chi connectivity index (χ0n) is 46.4. The largest absolute Gasteiger partial charge is 0.460 e. The second kappa shape index (κ2) is 30.5. The molecule has 1 unspecified atom stereocenters. The number of ether oxygens (including phenoxy) is 6. The van der Waals surface area contributed by atoms with Crippen molar-refractivity contribution in [1.29, 1.82) is 0 Å². The highest BCUT2D eigenvalue weighted by atomic mass is 35.5. The molecule has 4 heterocycles. The molecule has 1 aliphatic carbocycles. The van der Waals surface area contributed by atoms with Crippen LogP contribution < -0.4 is 5.32 Å². The molecule has 4 aliphatic rings. The van der Waals surface area contributed by atoms with Crippen LogP contribution >= 0.6 is 12.4 Å². The molecule has 17 nitrogen and oxygen atoms in total. The summed E-state index contributed by atoms with van der Waals surface area (Å²) in [5.41, 5.74) is 1.92. The quantitative estimate of drug-likeness (QED) is 0.121. The smallest absolute Gasteiger partial charge is 0.407 e. The fourth-order valence-electron chi connectivity index (χ4n) is 11.1. The summed E-state index contributed by atoms with van der Waals surface area (Å²) in [6.07, 6.45) is 11.6. The third kappa shape index (κ3) is 17.4. The van der Waals surface area contributed by atoms with Crippen LogP contribution in [0.4, 0.5) is 4.79 Å². The fourth-order valence-corrected chi connectivity index (χ4v) is 11.1. The summed E-state index contributed by atoms with van der Waals surface area (Å²) in [7, 11) is 4.51. The predicted octanol–water partition coefficient (Wildman–Crippen LogP) is 7.93. The highest BCUT2D eigenvalue weighted by Crippen LogP contribution is 2.38. The van der Waals surface area contributed by atoms with Gasteiger partial charge >= 0.3 is 12.1 Å². The average Bonchev–Trinajstić information content (AvgIpc) is 3.40. The van der Waals surface area contributed by atoms with Gasteiger partial charge in [0, 0.05) is 64.7 Å². The van der Waals surface area contributed by atoms with Crippen LogP contribution in [0.1, 0.15) is 131 Å². The molecule has 2 amide bonds. The Morgan fingerprint density at radius 3 is 2.33 bits per heavy atom. The SMILES string of the molecule is CO[C@H]1C[C@@H]2CC[C@@H](C)[C@@](O)(O2)C(=O)C(=O)N2CCCC[C@H]2C(=O)O[C@H]([C@H](C)CC2CC[C@H](OC(=O)NCc3ccccn3)[C@@H](OC)C2)CC(=O)[C@H](C)/C=C(\C)[C@@H](O)[C@@H](OC)C(=O)[C@H](C)C[C@H](C)/C=C/C=C/C=C/1C.Cl. The minimum Gasteiger partial charge on any atom is -0.460 e. The Bertz CT molecular complexity index is 2220. The number of pyridine rings is 1. The molecular weight excluding hydrogens is 998 g/mol. The van der Waals surface area contributed by atoms with Gasteiger partial charge in [0.2, 0.25) is 5.79 Å². The van der Waals surface area contributed by atoms with Gasteiger partial charge in [-0.15, -0.1) is 12.4 Å². The summed E-state index contributed by atoms with van der Waals surface area (Å²) < 4.78 is 35.6. The second-order valence-electron chi connectivity index (χ2n) is 21.6. The van der Waals surface area contributed by atoms with Gasteiger partial charge in [-0.3, -0.25) is 24.2 Å². The third-order valence-electron chi connectivity index (χ3n) is 15.9. The van der Waals surface area contributed by atoms with Crippen LogP contribution in [0.2, 0.25) is 0 Å². The van der Waals surface area contributed by atoms with E-state index >= 15 is 0 Å². The Morgan fingerprint density at radius 1 is 0.895 bits per heavy atom. The monoisotopic (exact) mass is 1080 g/mol. The first-order chi connectivity index (χ1) is 35.7. The van der Waals surface area contributed by atoms with Crippen LogP contribution in [0.3, 0.4) is 0 Å². The molecule has 0 spiro atoms. The van der Waals surface area contributed by atoms with Crippen LogP contribution in [-0.4, -0.2) is 138 Å². The number of allylic oxidation sites excluding steroid dienone is 6. The lowest BCUT2D eigenvalue weighted by Crippen LogP contribution is -2.61. The molecule has 1 aromatic heterocycles. The number of fused-ring (bicyclic) bond motifs is 3. The third-order valence-corrected chi connectivity index (χ3v) is 15.9. The van der Waals surface area contributed by atoms with E-state index in [4.69, 9.17) is 28.4 Å². The maximum Gasteiger partial charge on any atom is 0.407 e. The minimum absolute atomic E-state index is 0. The number of hydrogen-bond acceptors (Lipinski definition) is 15. The van der Waals surface area contributed by atoms with E-state index in [0.29, 0.717) is 75.5 Å². The fraction of sp³-hybridized carbons (Fsp3) is 0.672. The number of Topliss-reactive ketones (excluding diaryl/α,β-unsaturated/α-hetero) is 3. The second-order valence-corrected chi connectivity index (χ2v) is 21.6. The number of methoxy groups -OCH3 is 3. The first-order valence-electron chi connectivity index (χ1n) is 27.0. The van der Waals surface area contributed by atoms with E-state index in [9.17, 15) is 39.0 Å². The molecule has 2 saturated heterocycles. The van der Waals surface area contributed by atoms with Crippen molar-refractivity contribution in [3.8, 4) is 0 Å². The molecule has 3 aliphatic heterocycles. The summed E-state index contributed by atoms with van der Waals surface area (Å²) in [4.78, 5) is 89.7. The van der Waals surface area contributed by atoms with Gasteiger partial charge in [0.25, 0.3) is 11.7 Å². The highest BCUT2D eigenvalue weighted by Gasteiger charge is 2.53. The number of ketones is 3. The summed E-state index contributed by atoms with van der Waals surface area (Å²) >= 11 is 0. The first-order valence-corrected chi connectivity index (χ1v) is 27.0. The molecular formula is C58H86ClN3O14. The number of cyclic esters (lactones) is 1. The molecule has 15 atom stereocenters. The standard InChI is InChI=1S/C58H85N3O14.ClH/c1-35-18-12-11-13-19-36(2)48(70-8)32-44-24-22-41(7)58(69,75-44)54(65)55(66)61-27-17-15-21-45(61)56(67)73-49(33-46(62)37(3)29-40(6)52(64)53(72-10)51(63)39(5)28-35)38(4)30-42-23-25-47(50(31-42)71-9)74-57(68)60-34-43-20-14-16-26-59-43;/h11-14,16,18-20,26,29,35,37-39,41-42,44-45,47-50,52-53,64,69H,15,17,21-25,27-28,30-34H2,1-10H3,(H,60,68);1H/b13-11+,18-12+,36-19+,40-29+;/t35-,37-,38-,39-,41-,42?,44+,45+,47+,48+,49+,50+,52-,53+,58-;/m1./s1. The molecule has 18 heteroatoms. The molecule has 1 saturated carbocycles. The van der Waals surface area contributed by atoms with E-state index in [1.165, 1.54) is 12.0 Å². The van der Waals surface area contributed by atoms with Gasteiger partial charge in [0.1, 0.15) is 36.2 Å². The lowest BCUT2D eigenvalue weighted by molar-refractivity contribution is -0.265. The van der Waals surface area contributed by atoms with Crippen LogP contribution in [0.25, 0.3) is 0 Å². The van der Waals surface area contributed by atoms with Crippen molar-refractivity contribution < 1.29 is 67.4 Å². The molecule has 76 heavy (non-hydrogen) atoms. The number of esters is 1. The number of aromatic nitrogens is 1. The number of hydrogen-bond donors (Lipinski definition) is 3. The Labute approximate surface area is 456 Å². The summed E-state index contributed by atoms with van der Waals surface area (Å²) in [5.74, 6) is -8.36. The maximum absolute atomic E-state index is 14.6. The Morgan fingerprint density at radius 2 is 1.64 bits per heavy atom. The number of carbonyl (C=O) groups is 6. The van der Waals surface area contributed by atoms with Crippen molar-refractivity contribution >= 4 is 47.7 Å². The van der Waals surface area contributed by atoms with E-state index in [2.05, 4.69) is 10.3 Å². The number of carbonyl (C=O) groups excluding carboxylic acids is 6. The van der Waals surface area contributed by atoms with E-state index in [-0.39, 0.29) is 61.7 Å².